The van der Waals surface area contributed by atoms with Crippen LogP contribution in [0.5, 0.6) is 0 Å². The molecular formula is C23H28N4O. The van der Waals surface area contributed by atoms with Gasteiger partial charge in [0.1, 0.15) is 5.82 Å². The van der Waals surface area contributed by atoms with E-state index < -0.39 is 0 Å². The fraction of sp³-hybridized carbons (Fsp3) is 0.478. The Bertz CT molecular complexity index is 968. The van der Waals surface area contributed by atoms with Crippen molar-refractivity contribution in [3.8, 4) is 0 Å². The summed E-state index contributed by atoms with van der Waals surface area (Å²) in [5, 5.41) is 1.23. The number of hydrogen-bond acceptors (Lipinski definition) is 2. The summed E-state index contributed by atoms with van der Waals surface area (Å²) in [5.74, 6) is 2.67. The average Bonchev–Trinajstić information content (AvgIpc) is 3.26. The predicted molar refractivity (Wildman–Crippen MR) is 110 cm³/mol. The minimum Gasteiger partial charge on any atom is -0.361 e. The summed E-state index contributed by atoms with van der Waals surface area (Å²) in [5.41, 5.74) is 2.38. The Hall–Kier alpha value is -2.56. The van der Waals surface area contributed by atoms with Crippen LogP contribution in [0.1, 0.15) is 49.4 Å². The van der Waals surface area contributed by atoms with Crippen molar-refractivity contribution in [3.05, 3.63) is 54.2 Å². The van der Waals surface area contributed by atoms with Crippen molar-refractivity contribution < 1.29 is 4.79 Å². The fourth-order valence-electron chi connectivity index (χ4n) is 4.57. The Kier molecular flexibility index (Phi) is 4.67. The number of amides is 1. The number of para-hydroxylation sites is 1. The number of nitrogens with one attached hydrogen (secondary N) is 1. The van der Waals surface area contributed by atoms with Crippen LogP contribution in [-0.4, -0.2) is 38.4 Å². The highest BCUT2D eigenvalue weighted by Gasteiger charge is 2.29. The van der Waals surface area contributed by atoms with Crippen LogP contribution >= 0.6 is 0 Å². The maximum absolute atomic E-state index is 12.9. The molecule has 0 radical (unpaired) electrons. The van der Waals surface area contributed by atoms with Crippen LogP contribution in [0.2, 0.25) is 0 Å². The van der Waals surface area contributed by atoms with E-state index >= 15 is 0 Å². The summed E-state index contributed by atoms with van der Waals surface area (Å²) in [7, 11) is 0. The van der Waals surface area contributed by atoms with Gasteiger partial charge in [-0.15, -0.1) is 0 Å². The molecule has 0 spiro atoms. The molecule has 1 aliphatic heterocycles. The third-order valence-corrected chi connectivity index (χ3v) is 6.32. The van der Waals surface area contributed by atoms with Crippen LogP contribution in [0.15, 0.2) is 42.9 Å². The van der Waals surface area contributed by atoms with Gasteiger partial charge in [-0.2, -0.15) is 0 Å². The smallest absolute Gasteiger partial charge is 0.222 e. The number of nitrogens with zero attached hydrogens (tertiary/aromatic N) is 3. The highest BCUT2D eigenvalue weighted by Crippen LogP contribution is 2.33. The number of aromatic amines is 1. The zero-order valence-electron chi connectivity index (χ0n) is 16.3. The Morgan fingerprint density at radius 3 is 3.00 bits per heavy atom. The van der Waals surface area contributed by atoms with Crippen molar-refractivity contribution in [2.24, 2.45) is 5.92 Å². The molecule has 1 aliphatic carbocycles. The summed E-state index contributed by atoms with van der Waals surface area (Å²) in [6, 6.07) is 8.30. The topological polar surface area (TPSA) is 53.9 Å². The third kappa shape index (κ3) is 3.58. The molecule has 1 saturated heterocycles. The van der Waals surface area contributed by atoms with E-state index in [1.165, 1.54) is 29.6 Å². The van der Waals surface area contributed by atoms with Crippen LogP contribution in [0, 0.1) is 5.92 Å². The number of carbonyl (C=O) groups excluding carboxylic acids is 1. The number of H-pyrrole nitrogens is 1. The minimum atomic E-state index is 0.273. The van der Waals surface area contributed by atoms with Gasteiger partial charge in [0.2, 0.25) is 5.91 Å². The second-order valence-electron chi connectivity index (χ2n) is 8.42. The predicted octanol–water partition coefficient (Wildman–Crippen LogP) is 4.11. The van der Waals surface area contributed by atoms with Crippen molar-refractivity contribution >= 4 is 16.8 Å². The van der Waals surface area contributed by atoms with Gasteiger partial charge in [0, 0.05) is 61.5 Å². The molecule has 1 atom stereocenters. The monoisotopic (exact) mass is 376 g/mol. The van der Waals surface area contributed by atoms with Gasteiger partial charge in [0.25, 0.3) is 0 Å². The SMILES string of the molecule is O=C(CCc1c[nH]c2ccccc12)N1CCC[C@H](c2nccn2CC2CC2)C1. The molecule has 1 aromatic carbocycles. The summed E-state index contributed by atoms with van der Waals surface area (Å²) in [4.78, 5) is 22.9. The molecule has 5 rings (SSSR count). The number of imidazole rings is 1. The minimum absolute atomic E-state index is 0.273. The van der Waals surface area contributed by atoms with Gasteiger partial charge >= 0.3 is 0 Å². The molecule has 1 amide bonds. The van der Waals surface area contributed by atoms with E-state index in [1.54, 1.807) is 0 Å². The Morgan fingerprint density at radius 1 is 1.21 bits per heavy atom. The first-order chi connectivity index (χ1) is 13.8. The van der Waals surface area contributed by atoms with Gasteiger partial charge in [-0.25, -0.2) is 4.98 Å². The first-order valence-corrected chi connectivity index (χ1v) is 10.6. The quantitative estimate of drug-likeness (QED) is 0.704. The van der Waals surface area contributed by atoms with E-state index in [4.69, 9.17) is 0 Å². The lowest BCUT2D eigenvalue weighted by atomic mass is 9.96. The van der Waals surface area contributed by atoms with E-state index in [0.717, 1.165) is 50.3 Å². The largest absolute Gasteiger partial charge is 0.361 e. The summed E-state index contributed by atoms with van der Waals surface area (Å²) >= 11 is 0. The van der Waals surface area contributed by atoms with Crippen molar-refractivity contribution in [1.29, 1.82) is 0 Å². The highest BCUT2D eigenvalue weighted by atomic mass is 16.2. The second-order valence-corrected chi connectivity index (χ2v) is 8.42. The molecule has 2 aliphatic rings. The molecule has 5 heteroatoms. The highest BCUT2D eigenvalue weighted by molar-refractivity contribution is 5.84. The maximum Gasteiger partial charge on any atom is 0.222 e. The first kappa shape index (κ1) is 17.5. The van der Waals surface area contributed by atoms with Crippen molar-refractivity contribution in [2.45, 2.75) is 51.0 Å². The lowest BCUT2D eigenvalue weighted by molar-refractivity contribution is -0.132. The maximum atomic E-state index is 12.9. The van der Waals surface area contributed by atoms with Crippen molar-refractivity contribution in [3.63, 3.8) is 0 Å². The van der Waals surface area contributed by atoms with Gasteiger partial charge in [-0.05, 0) is 49.7 Å². The van der Waals surface area contributed by atoms with E-state index in [1.807, 2.05) is 18.5 Å². The second kappa shape index (κ2) is 7.46. The molecule has 3 aromatic rings. The number of aromatic nitrogens is 3. The number of likely N-dealkylation sites (tertiary alicyclic amines) is 1. The van der Waals surface area contributed by atoms with E-state index in [0.29, 0.717) is 12.3 Å². The van der Waals surface area contributed by atoms with Crippen LogP contribution < -0.4 is 0 Å². The lowest BCUT2D eigenvalue weighted by Gasteiger charge is -2.33. The Balaban J connectivity index is 1.22. The Labute approximate surface area is 165 Å². The molecule has 1 saturated carbocycles. The molecule has 0 unspecified atom stereocenters. The fourth-order valence-corrected chi connectivity index (χ4v) is 4.57. The lowest BCUT2D eigenvalue weighted by Crippen LogP contribution is -2.39. The third-order valence-electron chi connectivity index (χ3n) is 6.32. The zero-order valence-corrected chi connectivity index (χ0v) is 16.3. The summed E-state index contributed by atoms with van der Waals surface area (Å²) in [6.07, 6.45) is 12.4. The number of carbonyl (C=O) groups is 1. The average molecular weight is 377 g/mol. The van der Waals surface area contributed by atoms with Crippen molar-refractivity contribution in [2.75, 3.05) is 13.1 Å². The van der Waals surface area contributed by atoms with Crippen LogP contribution in [0.3, 0.4) is 0 Å². The molecule has 146 valence electrons. The molecule has 2 fully saturated rings. The summed E-state index contributed by atoms with van der Waals surface area (Å²) < 4.78 is 2.34. The van der Waals surface area contributed by atoms with E-state index in [-0.39, 0.29) is 5.91 Å². The summed E-state index contributed by atoms with van der Waals surface area (Å²) in [6.45, 7) is 2.79. The van der Waals surface area contributed by atoms with E-state index in [9.17, 15) is 4.79 Å². The van der Waals surface area contributed by atoms with Gasteiger partial charge in [0.15, 0.2) is 0 Å². The molecule has 28 heavy (non-hydrogen) atoms. The first-order valence-electron chi connectivity index (χ1n) is 10.6. The van der Waals surface area contributed by atoms with Gasteiger partial charge in [-0.3, -0.25) is 4.79 Å². The number of piperidine rings is 1. The molecule has 0 bridgehead atoms. The Morgan fingerprint density at radius 2 is 2.11 bits per heavy atom. The van der Waals surface area contributed by atoms with Gasteiger partial charge in [-0.1, -0.05) is 18.2 Å². The number of fused-ring (bicyclic) bond motifs is 1. The van der Waals surface area contributed by atoms with E-state index in [2.05, 4.69) is 43.8 Å². The number of hydrogen-bond donors (Lipinski definition) is 1. The number of aryl methyl sites for hydroxylation is 1. The number of rotatable bonds is 6. The molecule has 5 nitrogen and oxygen atoms in total. The van der Waals surface area contributed by atoms with Crippen LogP contribution in [0.25, 0.3) is 10.9 Å². The zero-order chi connectivity index (χ0) is 18.9. The standard InChI is InChI=1S/C23H28N4O/c28-22(10-9-18-14-25-21-6-2-1-5-20(18)21)26-12-3-4-19(16-26)23-24-11-13-27(23)15-17-7-8-17/h1-2,5-6,11,13-14,17,19,25H,3-4,7-10,12,15-16H2/t19-/m0/s1. The molecule has 2 aromatic heterocycles. The van der Waals surface area contributed by atoms with Gasteiger partial charge < -0.3 is 14.5 Å². The molecule has 1 N–H and O–H groups in total. The van der Waals surface area contributed by atoms with Gasteiger partial charge in [0.05, 0.1) is 0 Å². The van der Waals surface area contributed by atoms with Crippen LogP contribution in [-0.2, 0) is 17.8 Å². The molecular weight excluding hydrogens is 348 g/mol. The normalized spacial score (nSPS) is 20.0. The molecule has 3 heterocycles. The number of benzene rings is 1. The van der Waals surface area contributed by atoms with Crippen LogP contribution in [0.4, 0.5) is 0 Å². The van der Waals surface area contributed by atoms with Crippen molar-refractivity contribution in [1.82, 2.24) is 19.4 Å².